The first-order valence-electron chi connectivity index (χ1n) is 10.8. The molecule has 1 aliphatic heterocycles. The monoisotopic (exact) mass is 487 g/mol. The normalized spacial score (nSPS) is 16.5. The minimum Gasteiger partial charge on any atom is -0.495 e. The molecule has 1 aromatic carbocycles. The lowest BCUT2D eigenvalue weighted by Crippen LogP contribution is -2.35. The molecule has 1 saturated heterocycles. The number of hydrogen-bond donors (Lipinski definition) is 2. The summed E-state index contributed by atoms with van der Waals surface area (Å²) in [7, 11) is 5.09. The van der Waals surface area contributed by atoms with Gasteiger partial charge in [0.25, 0.3) is 5.56 Å². The Balaban J connectivity index is 1.70. The Morgan fingerprint density at radius 2 is 2.06 bits per heavy atom. The van der Waals surface area contributed by atoms with E-state index in [0.717, 1.165) is 5.39 Å². The molecule has 12 heteroatoms. The number of methoxy groups -OCH3 is 1. The molecular weight excluding hydrogens is 462 g/mol. The van der Waals surface area contributed by atoms with Crippen LogP contribution in [0.25, 0.3) is 10.9 Å². The summed E-state index contributed by atoms with van der Waals surface area (Å²) >= 11 is 6.26. The van der Waals surface area contributed by atoms with Crippen molar-refractivity contribution in [1.29, 1.82) is 0 Å². The Hall–Kier alpha value is -3.60. The molecule has 2 atom stereocenters. The molecule has 4 rings (SSSR count). The lowest BCUT2D eigenvalue weighted by atomic mass is 10.1. The molecule has 0 bridgehead atoms. The SMILES string of the molecule is CC[C@H]1COC(=O)N1c1nc(N[C@@H](C)c2cc3cc(Cl)c(OC)cc3[nH]c2=O)nc(N(C)C)n1. The molecule has 3 heterocycles. The van der Waals surface area contributed by atoms with Crippen molar-refractivity contribution in [2.45, 2.75) is 32.4 Å². The number of rotatable bonds is 7. The number of carbonyl (C=O) groups excluding carboxylic acids is 1. The molecule has 2 N–H and O–H groups in total. The van der Waals surface area contributed by atoms with Gasteiger partial charge in [0.2, 0.25) is 17.8 Å². The number of amides is 1. The van der Waals surface area contributed by atoms with E-state index in [2.05, 4.69) is 25.3 Å². The van der Waals surface area contributed by atoms with Gasteiger partial charge in [-0.15, -0.1) is 0 Å². The van der Waals surface area contributed by atoms with Crippen molar-refractivity contribution >= 4 is 46.4 Å². The van der Waals surface area contributed by atoms with Gasteiger partial charge in [-0.25, -0.2) is 9.69 Å². The number of cyclic esters (lactones) is 1. The summed E-state index contributed by atoms with van der Waals surface area (Å²) in [4.78, 5) is 44.5. The molecule has 0 saturated carbocycles. The number of aromatic nitrogens is 4. The van der Waals surface area contributed by atoms with Gasteiger partial charge in [0.05, 0.1) is 29.7 Å². The van der Waals surface area contributed by atoms with E-state index in [1.807, 2.05) is 13.8 Å². The van der Waals surface area contributed by atoms with Crippen molar-refractivity contribution in [2.75, 3.05) is 42.9 Å². The third kappa shape index (κ3) is 4.43. The number of fused-ring (bicyclic) bond motifs is 1. The molecule has 0 radical (unpaired) electrons. The number of benzene rings is 1. The van der Waals surface area contributed by atoms with Crippen LogP contribution in [0.1, 0.15) is 31.9 Å². The Morgan fingerprint density at radius 1 is 1.29 bits per heavy atom. The highest BCUT2D eigenvalue weighted by atomic mass is 35.5. The Kier molecular flexibility index (Phi) is 6.47. The summed E-state index contributed by atoms with van der Waals surface area (Å²) in [5.74, 6) is 1.25. The number of pyridine rings is 1. The molecule has 0 aliphatic carbocycles. The summed E-state index contributed by atoms with van der Waals surface area (Å²) in [6, 6.07) is 4.54. The van der Waals surface area contributed by atoms with E-state index in [1.165, 1.54) is 12.0 Å². The fraction of sp³-hybridized carbons (Fsp3) is 0.409. The maximum Gasteiger partial charge on any atom is 0.417 e. The van der Waals surface area contributed by atoms with Crippen molar-refractivity contribution < 1.29 is 14.3 Å². The van der Waals surface area contributed by atoms with Crippen molar-refractivity contribution in [3.8, 4) is 5.75 Å². The number of carbonyl (C=O) groups is 1. The van der Waals surface area contributed by atoms with Crippen LogP contribution in [0, 0.1) is 0 Å². The van der Waals surface area contributed by atoms with Gasteiger partial charge in [0.1, 0.15) is 12.4 Å². The summed E-state index contributed by atoms with van der Waals surface area (Å²) in [5, 5.41) is 4.36. The maximum atomic E-state index is 12.8. The second-order valence-corrected chi connectivity index (χ2v) is 8.56. The van der Waals surface area contributed by atoms with E-state index in [-0.39, 0.29) is 30.1 Å². The summed E-state index contributed by atoms with van der Waals surface area (Å²) in [6.45, 7) is 4.05. The van der Waals surface area contributed by atoms with Crippen molar-refractivity contribution in [2.24, 2.45) is 0 Å². The number of halogens is 1. The van der Waals surface area contributed by atoms with Gasteiger partial charge in [0.15, 0.2) is 0 Å². The quantitative estimate of drug-likeness (QED) is 0.515. The number of H-pyrrole nitrogens is 1. The summed E-state index contributed by atoms with van der Waals surface area (Å²) < 4.78 is 10.4. The zero-order valence-corrected chi connectivity index (χ0v) is 20.3. The van der Waals surface area contributed by atoms with Crippen LogP contribution in [0.5, 0.6) is 5.75 Å². The molecule has 1 amide bonds. The smallest absolute Gasteiger partial charge is 0.417 e. The van der Waals surface area contributed by atoms with Crippen LogP contribution < -0.4 is 25.4 Å². The van der Waals surface area contributed by atoms with Gasteiger partial charge >= 0.3 is 6.09 Å². The number of nitrogens with zero attached hydrogens (tertiary/aromatic N) is 5. The highest BCUT2D eigenvalue weighted by molar-refractivity contribution is 6.32. The van der Waals surface area contributed by atoms with Crippen molar-refractivity contribution in [3.05, 3.63) is 39.1 Å². The minimum atomic E-state index is -0.500. The van der Waals surface area contributed by atoms with Gasteiger partial charge in [-0.05, 0) is 25.5 Å². The second kappa shape index (κ2) is 9.34. The van der Waals surface area contributed by atoms with E-state index in [1.54, 1.807) is 37.2 Å². The lowest BCUT2D eigenvalue weighted by molar-refractivity contribution is 0.178. The third-order valence-electron chi connectivity index (χ3n) is 5.62. The van der Waals surface area contributed by atoms with Crippen LogP contribution in [0.2, 0.25) is 5.02 Å². The minimum absolute atomic E-state index is 0.166. The van der Waals surface area contributed by atoms with Crippen LogP contribution in [0.3, 0.4) is 0 Å². The van der Waals surface area contributed by atoms with E-state index < -0.39 is 12.1 Å². The zero-order chi connectivity index (χ0) is 24.6. The second-order valence-electron chi connectivity index (χ2n) is 8.16. The van der Waals surface area contributed by atoms with Gasteiger partial charge in [-0.1, -0.05) is 18.5 Å². The highest BCUT2D eigenvalue weighted by Crippen LogP contribution is 2.30. The summed E-state index contributed by atoms with van der Waals surface area (Å²) in [5.41, 5.74) is 0.806. The highest BCUT2D eigenvalue weighted by Gasteiger charge is 2.35. The van der Waals surface area contributed by atoms with E-state index in [4.69, 9.17) is 21.1 Å². The number of hydrogen-bond acceptors (Lipinski definition) is 9. The van der Waals surface area contributed by atoms with Crippen LogP contribution in [-0.2, 0) is 4.74 Å². The predicted octanol–water partition coefficient (Wildman–Crippen LogP) is 3.35. The Bertz CT molecular complexity index is 1300. The van der Waals surface area contributed by atoms with Gasteiger partial charge in [-0.2, -0.15) is 15.0 Å². The molecule has 34 heavy (non-hydrogen) atoms. The summed E-state index contributed by atoms with van der Waals surface area (Å²) in [6.07, 6.45) is 0.188. The molecule has 0 unspecified atom stereocenters. The molecule has 0 spiro atoms. The third-order valence-corrected chi connectivity index (χ3v) is 5.91. The largest absolute Gasteiger partial charge is 0.495 e. The fourth-order valence-corrected chi connectivity index (χ4v) is 3.95. The van der Waals surface area contributed by atoms with E-state index in [9.17, 15) is 9.59 Å². The molecule has 3 aromatic rings. The number of ether oxygens (including phenoxy) is 2. The zero-order valence-electron chi connectivity index (χ0n) is 19.5. The Morgan fingerprint density at radius 3 is 2.74 bits per heavy atom. The molecular formula is C22H26ClN7O4. The van der Waals surface area contributed by atoms with Gasteiger partial charge in [-0.3, -0.25) is 4.79 Å². The molecule has 180 valence electrons. The van der Waals surface area contributed by atoms with Gasteiger partial charge in [0, 0.05) is 31.1 Å². The van der Waals surface area contributed by atoms with E-state index in [0.29, 0.717) is 34.2 Å². The van der Waals surface area contributed by atoms with Crippen molar-refractivity contribution in [3.63, 3.8) is 0 Å². The van der Waals surface area contributed by atoms with Crippen molar-refractivity contribution in [1.82, 2.24) is 19.9 Å². The first kappa shape index (κ1) is 23.6. The van der Waals surface area contributed by atoms with Crippen LogP contribution in [0.15, 0.2) is 23.0 Å². The van der Waals surface area contributed by atoms with Crippen LogP contribution in [-0.4, -0.2) is 59.9 Å². The first-order valence-corrected chi connectivity index (χ1v) is 11.2. The van der Waals surface area contributed by atoms with E-state index >= 15 is 0 Å². The predicted molar refractivity (Wildman–Crippen MR) is 130 cm³/mol. The number of nitrogens with one attached hydrogen (secondary N) is 2. The van der Waals surface area contributed by atoms with Crippen LogP contribution in [0.4, 0.5) is 22.6 Å². The lowest BCUT2D eigenvalue weighted by Gasteiger charge is -2.21. The topological polar surface area (TPSA) is 126 Å². The molecule has 2 aromatic heterocycles. The molecule has 1 fully saturated rings. The van der Waals surface area contributed by atoms with Gasteiger partial charge < -0.3 is 24.7 Å². The maximum absolute atomic E-state index is 12.8. The molecule has 11 nitrogen and oxygen atoms in total. The molecule has 1 aliphatic rings. The van der Waals surface area contributed by atoms with Crippen LogP contribution >= 0.6 is 11.6 Å². The number of aromatic amines is 1. The number of anilines is 3. The first-order chi connectivity index (χ1) is 16.2. The average Bonchev–Trinajstić information content (AvgIpc) is 3.18. The average molecular weight is 488 g/mol. The fourth-order valence-electron chi connectivity index (χ4n) is 3.71. The standard InChI is InChI=1S/C22H26ClN7O4/c1-6-13-10-34-22(32)30(13)21-27-19(26-20(28-21)29(3)4)24-11(2)14-7-12-8-15(23)17(33-5)9-16(12)25-18(14)31/h7-9,11,13H,6,10H2,1-5H3,(H,25,31)(H,24,26,27,28)/t11-,13-/m0/s1. The Labute approximate surface area is 201 Å².